The minimum absolute atomic E-state index is 0.172. The minimum Gasteiger partial charge on any atom is -0.508 e. The van der Waals surface area contributed by atoms with Crippen LogP contribution < -0.4 is 15.4 Å². The Balaban J connectivity index is 1.59. The molecule has 2 aromatic carbocycles. The molecule has 1 aliphatic rings. The second-order valence-corrected chi connectivity index (χ2v) is 8.89. The number of anilines is 2. The molecule has 3 N–H and O–H groups in total. The summed E-state index contributed by atoms with van der Waals surface area (Å²) in [5, 5.41) is 22.7. The monoisotopic (exact) mass is 473 g/mol. The summed E-state index contributed by atoms with van der Waals surface area (Å²) in [4.78, 5) is 19.3. The predicted octanol–water partition coefficient (Wildman–Crippen LogP) is 4.96. The van der Waals surface area contributed by atoms with Crippen LogP contribution in [0.15, 0.2) is 71.2 Å². The molecule has 1 atom stereocenters. The minimum atomic E-state index is -0.454. The lowest BCUT2D eigenvalue weighted by atomic mass is 9.98. The Bertz CT molecular complexity index is 1400. The number of carbonyl (C=O) groups excluding carboxylic acids is 1. The first-order valence-electron chi connectivity index (χ1n) is 10.7. The number of methoxy groups -OCH3 is 1. The average molecular weight is 474 g/mol. The number of fused-ring (bicyclic) bond motifs is 1. The number of aromatic hydroxyl groups is 1. The zero-order chi connectivity index (χ0) is 23.8. The van der Waals surface area contributed by atoms with E-state index in [1.165, 1.54) is 0 Å². The van der Waals surface area contributed by atoms with Crippen LogP contribution in [0, 0.1) is 6.92 Å². The van der Waals surface area contributed by atoms with E-state index in [1.807, 2.05) is 37.4 Å². The lowest BCUT2D eigenvalue weighted by Crippen LogP contribution is -2.31. The van der Waals surface area contributed by atoms with E-state index in [2.05, 4.69) is 15.6 Å². The Hall–Kier alpha value is -4.11. The molecule has 1 aliphatic heterocycles. The second kappa shape index (κ2) is 8.68. The number of amides is 1. The molecule has 1 unspecified atom stereocenters. The third-order valence-electron chi connectivity index (χ3n) is 5.73. The predicted molar refractivity (Wildman–Crippen MR) is 132 cm³/mol. The third-order valence-corrected chi connectivity index (χ3v) is 6.80. The molecular weight excluding hydrogens is 450 g/mol. The van der Waals surface area contributed by atoms with Crippen molar-refractivity contribution in [2.24, 2.45) is 0 Å². The number of carbonyl (C=O) groups is 1. The quantitative estimate of drug-likeness (QED) is 0.379. The van der Waals surface area contributed by atoms with Gasteiger partial charge in [0.05, 0.1) is 18.4 Å². The first-order chi connectivity index (χ1) is 16.5. The summed E-state index contributed by atoms with van der Waals surface area (Å²) in [5.74, 6) is 1.55. The summed E-state index contributed by atoms with van der Waals surface area (Å²) in [7, 11) is 1.57. The number of benzene rings is 2. The molecule has 0 radical (unpaired) electrons. The SMILES string of the molecule is COc1ccccc1NC(=O)C1=C(C)Nc2nc(-c3ccc(O)cc3)nn2C1c1sccc1C. The van der Waals surface area contributed by atoms with E-state index in [0.29, 0.717) is 34.5 Å². The van der Waals surface area contributed by atoms with Crippen LogP contribution in [-0.2, 0) is 4.79 Å². The number of para-hydroxylation sites is 2. The molecule has 0 fully saturated rings. The summed E-state index contributed by atoms with van der Waals surface area (Å²) in [6.07, 6.45) is 0. The molecule has 0 aliphatic carbocycles. The number of rotatable bonds is 5. The van der Waals surface area contributed by atoms with Gasteiger partial charge in [0.2, 0.25) is 5.95 Å². The van der Waals surface area contributed by atoms with E-state index in [-0.39, 0.29) is 11.7 Å². The summed E-state index contributed by atoms with van der Waals surface area (Å²) >= 11 is 1.58. The number of phenols is 1. The van der Waals surface area contributed by atoms with Crippen molar-refractivity contribution >= 4 is 28.9 Å². The van der Waals surface area contributed by atoms with E-state index in [9.17, 15) is 9.90 Å². The van der Waals surface area contributed by atoms with Gasteiger partial charge in [0.1, 0.15) is 17.5 Å². The maximum atomic E-state index is 13.6. The number of hydrogen-bond acceptors (Lipinski definition) is 7. The number of nitrogens with zero attached hydrogens (tertiary/aromatic N) is 3. The number of allylic oxidation sites excluding steroid dienone is 1. The number of aromatic nitrogens is 3. The standard InChI is InChI=1S/C25H23N5O3S/c1-14-12-13-34-22(14)21-20(24(32)27-18-6-4-5-7-19(18)33-3)15(2)26-25-28-23(29-30(21)25)16-8-10-17(31)11-9-16/h4-13,21,31H,1-3H3,(H,27,32)(H,26,28,29). The van der Waals surface area contributed by atoms with Crippen molar-refractivity contribution in [3.63, 3.8) is 0 Å². The van der Waals surface area contributed by atoms with E-state index < -0.39 is 6.04 Å². The van der Waals surface area contributed by atoms with E-state index >= 15 is 0 Å². The molecule has 5 rings (SSSR count). The van der Waals surface area contributed by atoms with Gasteiger partial charge in [-0.25, -0.2) is 4.68 Å². The number of phenolic OH excluding ortho intramolecular Hbond substituents is 1. The van der Waals surface area contributed by atoms with Gasteiger partial charge in [-0.05, 0) is 67.3 Å². The molecule has 9 heteroatoms. The Labute approximate surface area is 200 Å². The largest absolute Gasteiger partial charge is 0.508 e. The van der Waals surface area contributed by atoms with Crippen LogP contribution in [0.4, 0.5) is 11.6 Å². The summed E-state index contributed by atoms with van der Waals surface area (Å²) in [6, 6.07) is 15.6. The van der Waals surface area contributed by atoms with Gasteiger partial charge >= 0.3 is 0 Å². The fourth-order valence-electron chi connectivity index (χ4n) is 4.02. The highest BCUT2D eigenvalue weighted by atomic mass is 32.1. The van der Waals surface area contributed by atoms with Crippen molar-refractivity contribution < 1.29 is 14.6 Å². The number of ether oxygens (including phenoxy) is 1. The van der Waals surface area contributed by atoms with Crippen LogP contribution in [0.25, 0.3) is 11.4 Å². The Morgan fingerprint density at radius 1 is 1.15 bits per heavy atom. The molecule has 8 nitrogen and oxygen atoms in total. The summed E-state index contributed by atoms with van der Waals surface area (Å²) < 4.78 is 7.16. The van der Waals surface area contributed by atoms with E-state index in [0.717, 1.165) is 16.0 Å². The maximum Gasteiger partial charge on any atom is 0.256 e. The fraction of sp³-hybridized carbons (Fsp3) is 0.160. The lowest BCUT2D eigenvalue weighted by molar-refractivity contribution is -0.113. The second-order valence-electron chi connectivity index (χ2n) is 7.94. The molecule has 0 bridgehead atoms. The number of nitrogens with one attached hydrogen (secondary N) is 2. The maximum absolute atomic E-state index is 13.6. The molecule has 1 amide bonds. The van der Waals surface area contributed by atoms with Crippen molar-refractivity contribution in [3.05, 3.63) is 81.7 Å². The molecule has 0 saturated heterocycles. The molecule has 0 saturated carbocycles. The van der Waals surface area contributed by atoms with Crippen LogP contribution >= 0.6 is 11.3 Å². The zero-order valence-corrected chi connectivity index (χ0v) is 19.7. The highest BCUT2D eigenvalue weighted by Crippen LogP contribution is 2.40. The lowest BCUT2D eigenvalue weighted by Gasteiger charge is -2.28. The van der Waals surface area contributed by atoms with E-state index in [1.54, 1.807) is 59.5 Å². The molecule has 3 heterocycles. The molecule has 4 aromatic rings. The topological polar surface area (TPSA) is 101 Å². The fourth-order valence-corrected chi connectivity index (χ4v) is 5.04. The van der Waals surface area contributed by atoms with Gasteiger partial charge in [0, 0.05) is 16.1 Å². The number of aryl methyl sites for hydroxylation is 1. The average Bonchev–Trinajstić information content (AvgIpc) is 3.44. The third kappa shape index (κ3) is 3.80. The van der Waals surface area contributed by atoms with Gasteiger partial charge in [0.25, 0.3) is 5.91 Å². The normalized spacial score (nSPS) is 15.0. The van der Waals surface area contributed by atoms with Crippen molar-refractivity contribution in [3.8, 4) is 22.9 Å². The summed E-state index contributed by atoms with van der Waals surface area (Å²) in [5.41, 5.74) is 3.67. The molecule has 172 valence electrons. The molecule has 34 heavy (non-hydrogen) atoms. The Morgan fingerprint density at radius 2 is 1.91 bits per heavy atom. The number of hydrogen-bond donors (Lipinski definition) is 3. The van der Waals surface area contributed by atoms with E-state index in [4.69, 9.17) is 9.84 Å². The van der Waals surface area contributed by atoms with Crippen LogP contribution in [0.1, 0.15) is 23.4 Å². The first-order valence-corrected chi connectivity index (χ1v) is 11.6. The van der Waals surface area contributed by atoms with Crippen molar-refractivity contribution in [1.29, 1.82) is 0 Å². The van der Waals surface area contributed by atoms with Crippen molar-refractivity contribution in [1.82, 2.24) is 14.8 Å². The van der Waals surface area contributed by atoms with Gasteiger partial charge in [-0.3, -0.25) is 4.79 Å². The van der Waals surface area contributed by atoms with Gasteiger partial charge < -0.3 is 20.5 Å². The molecule has 2 aromatic heterocycles. The van der Waals surface area contributed by atoms with Crippen LogP contribution in [0.5, 0.6) is 11.5 Å². The Kier molecular flexibility index (Phi) is 5.54. The zero-order valence-electron chi connectivity index (χ0n) is 18.9. The van der Waals surface area contributed by atoms with Crippen LogP contribution in [-0.4, -0.2) is 32.9 Å². The van der Waals surface area contributed by atoms with Gasteiger partial charge in [-0.1, -0.05) is 12.1 Å². The smallest absolute Gasteiger partial charge is 0.256 e. The van der Waals surface area contributed by atoms with Crippen LogP contribution in [0.2, 0.25) is 0 Å². The van der Waals surface area contributed by atoms with Gasteiger partial charge in [-0.2, -0.15) is 4.98 Å². The van der Waals surface area contributed by atoms with Gasteiger partial charge in [0.15, 0.2) is 5.82 Å². The molecule has 0 spiro atoms. The molecular formula is C25H23N5O3S. The highest BCUT2D eigenvalue weighted by molar-refractivity contribution is 7.10. The highest BCUT2D eigenvalue weighted by Gasteiger charge is 2.36. The van der Waals surface area contributed by atoms with Crippen LogP contribution in [0.3, 0.4) is 0 Å². The summed E-state index contributed by atoms with van der Waals surface area (Å²) in [6.45, 7) is 3.89. The van der Waals surface area contributed by atoms with Gasteiger partial charge in [-0.15, -0.1) is 16.4 Å². The van der Waals surface area contributed by atoms with Crippen molar-refractivity contribution in [2.45, 2.75) is 19.9 Å². The number of thiophene rings is 1. The first kappa shape index (κ1) is 21.7. The Morgan fingerprint density at radius 3 is 2.62 bits per heavy atom. The van der Waals surface area contributed by atoms with Crippen molar-refractivity contribution in [2.75, 3.05) is 17.7 Å².